The third-order valence-electron chi connectivity index (χ3n) is 6.56. The number of benzene rings is 3. The van der Waals surface area contributed by atoms with Crippen molar-refractivity contribution in [2.24, 2.45) is 0 Å². The maximum absolute atomic E-state index is 13.6. The van der Waals surface area contributed by atoms with Gasteiger partial charge in [-0.05, 0) is 51.0 Å². The predicted octanol–water partition coefficient (Wildman–Crippen LogP) is 6.32. The van der Waals surface area contributed by atoms with E-state index in [1.165, 1.54) is 5.56 Å². The van der Waals surface area contributed by atoms with E-state index in [-0.39, 0.29) is 11.9 Å². The molecule has 6 nitrogen and oxygen atoms in total. The number of rotatable bonds is 6. The van der Waals surface area contributed by atoms with Crippen LogP contribution in [0.1, 0.15) is 59.6 Å². The summed E-state index contributed by atoms with van der Waals surface area (Å²) in [6, 6.07) is 23.8. The Morgan fingerprint density at radius 3 is 2.36 bits per heavy atom. The molecule has 1 amide bonds. The zero-order chi connectivity index (χ0) is 25.4. The second kappa shape index (κ2) is 9.19. The molecule has 1 aliphatic rings. The summed E-state index contributed by atoms with van der Waals surface area (Å²) < 4.78 is 11.8. The number of methoxy groups -OCH3 is 1. The van der Waals surface area contributed by atoms with Crippen LogP contribution in [-0.4, -0.2) is 33.7 Å². The number of carbonyl (C=O) groups excluding carboxylic acids is 1. The summed E-state index contributed by atoms with van der Waals surface area (Å²) in [4.78, 5) is 15.5. The van der Waals surface area contributed by atoms with Crippen LogP contribution in [0.15, 0.2) is 72.8 Å². The van der Waals surface area contributed by atoms with Gasteiger partial charge in [0.1, 0.15) is 12.3 Å². The molecule has 0 bridgehead atoms. The number of fused-ring (bicyclic) bond motifs is 1. The summed E-state index contributed by atoms with van der Waals surface area (Å²) >= 11 is 0. The fourth-order valence-electron chi connectivity index (χ4n) is 4.79. The highest BCUT2D eigenvalue weighted by atomic mass is 16.5. The molecular weight excluding hydrogens is 450 g/mol. The number of hydrogen-bond donors (Lipinski definition) is 1. The van der Waals surface area contributed by atoms with Crippen LogP contribution in [0.5, 0.6) is 11.5 Å². The summed E-state index contributed by atoms with van der Waals surface area (Å²) in [5.41, 5.74) is 5.96. The van der Waals surface area contributed by atoms with Crippen LogP contribution in [0.3, 0.4) is 0 Å². The maximum atomic E-state index is 13.6. The van der Waals surface area contributed by atoms with Gasteiger partial charge in [0, 0.05) is 16.7 Å². The Morgan fingerprint density at radius 2 is 1.69 bits per heavy atom. The van der Waals surface area contributed by atoms with Crippen LogP contribution >= 0.6 is 0 Å². The molecule has 1 unspecified atom stereocenters. The van der Waals surface area contributed by atoms with Crippen molar-refractivity contribution in [1.29, 1.82) is 0 Å². The van der Waals surface area contributed by atoms with Gasteiger partial charge in [-0.15, -0.1) is 0 Å². The van der Waals surface area contributed by atoms with Gasteiger partial charge in [-0.3, -0.25) is 9.89 Å². The average molecular weight is 482 g/mol. The minimum atomic E-state index is -0.415. The lowest BCUT2D eigenvalue weighted by molar-refractivity contribution is 0.0545. The summed E-state index contributed by atoms with van der Waals surface area (Å²) in [6.45, 7) is 8.65. The van der Waals surface area contributed by atoms with E-state index in [0.29, 0.717) is 23.8 Å². The second-order valence-corrected chi connectivity index (χ2v) is 10.2. The minimum absolute atomic E-state index is 0.0586. The number of hydrogen-bond acceptors (Lipinski definition) is 4. The number of nitrogens with zero attached hydrogens (tertiary/aromatic N) is 2. The Labute approximate surface area is 211 Å². The molecular formula is C30H31N3O3. The van der Waals surface area contributed by atoms with Gasteiger partial charge in [0.05, 0.1) is 18.8 Å². The van der Waals surface area contributed by atoms with Crippen molar-refractivity contribution in [2.75, 3.05) is 7.11 Å². The Kier molecular flexibility index (Phi) is 6.04. The molecule has 0 spiro atoms. The quantitative estimate of drug-likeness (QED) is 0.350. The largest absolute Gasteiger partial charge is 0.493 e. The normalized spacial score (nSPS) is 15.2. The van der Waals surface area contributed by atoms with Gasteiger partial charge in [-0.1, -0.05) is 66.2 Å². The molecule has 2 heterocycles. The number of ether oxygens (including phenoxy) is 2. The molecule has 5 rings (SSSR count). The number of H-pyrrole nitrogens is 1. The molecule has 1 N–H and O–H groups in total. The van der Waals surface area contributed by atoms with Crippen LogP contribution in [0.4, 0.5) is 0 Å². The van der Waals surface area contributed by atoms with Gasteiger partial charge in [-0.25, -0.2) is 0 Å². The fraction of sp³-hybridized carbons (Fsp3) is 0.267. The van der Waals surface area contributed by atoms with E-state index >= 15 is 0 Å². The predicted molar refractivity (Wildman–Crippen MR) is 140 cm³/mol. The van der Waals surface area contributed by atoms with Crippen molar-refractivity contribution in [3.8, 4) is 22.8 Å². The highest BCUT2D eigenvalue weighted by Crippen LogP contribution is 2.47. The van der Waals surface area contributed by atoms with Gasteiger partial charge >= 0.3 is 0 Å². The molecule has 1 aliphatic heterocycles. The minimum Gasteiger partial charge on any atom is -0.493 e. The van der Waals surface area contributed by atoms with Crippen molar-refractivity contribution in [1.82, 2.24) is 15.1 Å². The van der Waals surface area contributed by atoms with Crippen LogP contribution in [0.25, 0.3) is 11.3 Å². The first-order valence-corrected chi connectivity index (χ1v) is 12.1. The van der Waals surface area contributed by atoms with Crippen LogP contribution in [0, 0.1) is 6.92 Å². The lowest BCUT2D eigenvalue weighted by atomic mass is 9.93. The number of aromatic nitrogens is 2. The molecule has 36 heavy (non-hydrogen) atoms. The van der Waals surface area contributed by atoms with Crippen molar-refractivity contribution >= 4 is 5.91 Å². The molecule has 0 fully saturated rings. The van der Waals surface area contributed by atoms with Crippen LogP contribution in [0.2, 0.25) is 0 Å². The summed E-state index contributed by atoms with van der Waals surface area (Å²) in [5, 5.41) is 7.61. The first-order valence-electron chi connectivity index (χ1n) is 12.1. The lowest BCUT2D eigenvalue weighted by Crippen LogP contribution is -2.44. The monoisotopic (exact) mass is 481 g/mol. The average Bonchev–Trinajstić information content (AvgIpc) is 3.42. The first kappa shape index (κ1) is 23.7. The molecule has 184 valence electrons. The van der Waals surface area contributed by atoms with Gasteiger partial charge < -0.3 is 14.4 Å². The number of nitrogens with one attached hydrogen (secondary N) is 1. The summed E-state index contributed by atoms with van der Waals surface area (Å²) in [7, 11) is 1.64. The molecule has 0 aliphatic carbocycles. The van der Waals surface area contributed by atoms with E-state index in [4.69, 9.17) is 9.47 Å². The van der Waals surface area contributed by atoms with E-state index in [2.05, 4.69) is 50.0 Å². The molecule has 1 atom stereocenters. The number of carbonyl (C=O) groups is 1. The Hall–Kier alpha value is -4.06. The summed E-state index contributed by atoms with van der Waals surface area (Å²) in [5.74, 6) is 1.22. The molecule has 4 aromatic rings. The highest BCUT2D eigenvalue weighted by Gasteiger charge is 2.46. The van der Waals surface area contributed by atoms with Gasteiger partial charge in [0.15, 0.2) is 11.5 Å². The van der Waals surface area contributed by atoms with E-state index in [9.17, 15) is 4.79 Å². The SMILES string of the molecule is COc1cc(C2c3c(-c4ccc(C)cc4)n[nH]c3C(=O)N2C(C)(C)C)ccc1OCc1ccccc1. The van der Waals surface area contributed by atoms with Crippen molar-refractivity contribution in [3.05, 3.63) is 101 Å². The van der Waals surface area contributed by atoms with Crippen molar-refractivity contribution < 1.29 is 14.3 Å². The molecule has 0 saturated carbocycles. The van der Waals surface area contributed by atoms with Gasteiger partial charge in [0.25, 0.3) is 5.91 Å². The zero-order valence-corrected chi connectivity index (χ0v) is 21.3. The van der Waals surface area contributed by atoms with Gasteiger partial charge in [0.2, 0.25) is 0 Å². The lowest BCUT2D eigenvalue weighted by Gasteiger charge is -2.38. The molecule has 1 aromatic heterocycles. The van der Waals surface area contributed by atoms with Crippen LogP contribution < -0.4 is 9.47 Å². The third-order valence-corrected chi connectivity index (χ3v) is 6.56. The number of aryl methyl sites for hydroxylation is 1. The van der Waals surface area contributed by atoms with E-state index in [1.807, 2.05) is 65.6 Å². The third kappa shape index (κ3) is 4.24. The van der Waals surface area contributed by atoms with Gasteiger partial charge in [-0.2, -0.15) is 5.10 Å². The molecule has 0 radical (unpaired) electrons. The maximum Gasteiger partial charge on any atom is 0.273 e. The number of amides is 1. The topological polar surface area (TPSA) is 67.5 Å². The summed E-state index contributed by atoms with van der Waals surface area (Å²) in [6.07, 6.45) is 0. The van der Waals surface area contributed by atoms with Crippen molar-refractivity contribution in [2.45, 2.75) is 45.9 Å². The van der Waals surface area contributed by atoms with E-state index < -0.39 is 5.54 Å². The Morgan fingerprint density at radius 1 is 0.972 bits per heavy atom. The first-order chi connectivity index (χ1) is 17.3. The van der Waals surface area contributed by atoms with E-state index in [0.717, 1.165) is 27.9 Å². The van der Waals surface area contributed by atoms with Crippen LogP contribution in [-0.2, 0) is 6.61 Å². The molecule has 6 heteroatoms. The standard InChI is InChI=1S/C30H31N3O3/c1-19-11-13-21(14-12-19)26-25-27(32-31-26)29(34)33(30(2,3)4)28(25)22-15-16-23(24(17-22)35-5)36-18-20-9-7-6-8-10-20/h6-17,28H,18H2,1-5H3,(H,31,32). The number of aromatic amines is 1. The smallest absolute Gasteiger partial charge is 0.273 e. The zero-order valence-electron chi connectivity index (χ0n) is 21.3. The Bertz CT molecular complexity index is 1390. The van der Waals surface area contributed by atoms with Crippen molar-refractivity contribution in [3.63, 3.8) is 0 Å². The Balaban J connectivity index is 1.57. The molecule has 0 saturated heterocycles. The molecule has 3 aromatic carbocycles. The van der Waals surface area contributed by atoms with E-state index in [1.54, 1.807) is 7.11 Å². The highest BCUT2D eigenvalue weighted by molar-refractivity contribution is 6.00. The fourth-order valence-corrected chi connectivity index (χ4v) is 4.79. The second-order valence-electron chi connectivity index (χ2n) is 10.2.